The molecule has 0 unspecified atom stereocenters. The number of aromatic nitrogens is 4. The van der Waals surface area contributed by atoms with E-state index in [1.54, 1.807) is 36.7 Å². The van der Waals surface area contributed by atoms with Gasteiger partial charge in [0, 0.05) is 42.5 Å². The molecule has 1 aliphatic rings. The summed E-state index contributed by atoms with van der Waals surface area (Å²) in [4.78, 5) is 10.0. The highest BCUT2D eigenvalue weighted by molar-refractivity contribution is 5.95. The van der Waals surface area contributed by atoms with Crippen molar-refractivity contribution in [1.82, 2.24) is 30.5 Å². The molecule has 0 fully saturated rings. The first kappa shape index (κ1) is 22.6. The molecular formula is C25H27FN8O. The van der Waals surface area contributed by atoms with Gasteiger partial charge in [-0.3, -0.25) is 15.8 Å². The molecule has 0 amide bonds. The number of aromatic amines is 2. The molecule has 0 saturated heterocycles. The normalized spacial score (nSPS) is 14.6. The first-order valence-corrected chi connectivity index (χ1v) is 11.3. The number of H-pyrrole nitrogens is 2. The van der Waals surface area contributed by atoms with E-state index in [9.17, 15) is 5.11 Å². The average Bonchev–Trinajstić information content (AvgIpc) is 3.59. The van der Waals surface area contributed by atoms with Gasteiger partial charge in [0.15, 0.2) is 11.6 Å². The monoisotopic (exact) mass is 474 g/mol. The maximum atomic E-state index is 15.5. The molecule has 0 aliphatic carbocycles. The number of fused-ring (bicyclic) bond motifs is 1. The number of benzene rings is 2. The predicted molar refractivity (Wildman–Crippen MR) is 134 cm³/mol. The van der Waals surface area contributed by atoms with E-state index >= 15 is 4.39 Å². The Balaban J connectivity index is 1.42. The average molecular weight is 475 g/mol. The molecule has 0 bridgehead atoms. The van der Waals surface area contributed by atoms with E-state index in [4.69, 9.17) is 11.6 Å². The van der Waals surface area contributed by atoms with Crippen LogP contribution in [-0.4, -0.2) is 49.8 Å². The number of hydrazine groups is 1. The number of nitrogens with zero attached hydrogens (tertiary/aromatic N) is 3. The van der Waals surface area contributed by atoms with E-state index in [0.29, 0.717) is 41.1 Å². The number of nitrogens with one attached hydrogen (secondary N) is 3. The minimum absolute atomic E-state index is 0.163. The third-order valence-corrected chi connectivity index (χ3v) is 6.25. The standard InChI is InChI=1S/C25H27FN8O/c1-2-14-9-17(35)3-4-18(14)19-5-6-20-23(22(19)26)32-33-24(20)25-29-11-21(31-25)15-7-8-34(12-15)13-16(27)10-30-28/h3-7,9-11,30,35H,2,8,12-13,27-28H2,1H3,(H,29,31)(H,32,33)/b16-10-. The molecule has 2 aromatic carbocycles. The summed E-state index contributed by atoms with van der Waals surface area (Å²) in [7, 11) is 0. The van der Waals surface area contributed by atoms with Gasteiger partial charge in [-0.2, -0.15) is 5.10 Å². The van der Waals surface area contributed by atoms with Crippen LogP contribution in [0.25, 0.3) is 39.1 Å². The van der Waals surface area contributed by atoms with Gasteiger partial charge in [0.25, 0.3) is 0 Å². The number of rotatable bonds is 7. The number of halogens is 1. The van der Waals surface area contributed by atoms with Crippen LogP contribution < -0.4 is 17.0 Å². The maximum absolute atomic E-state index is 15.5. The summed E-state index contributed by atoms with van der Waals surface area (Å²) < 4.78 is 15.5. The number of hydrogen-bond donors (Lipinski definition) is 6. The zero-order chi connectivity index (χ0) is 24.5. The van der Waals surface area contributed by atoms with Crippen molar-refractivity contribution in [3.05, 3.63) is 71.6 Å². The van der Waals surface area contributed by atoms with Gasteiger partial charge in [-0.1, -0.05) is 25.1 Å². The lowest BCUT2D eigenvalue weighted by molar-refractivity contribution is 0.384. The van der Waals surface area contributed by atoms with Crippen LogP contribution in [0.1, 0.15) is 18.2 Å². The van der Waals surface area contributed by atoms with Crippen molar-refractivity contribution in [3.8, 4) is 28.4 Å². The number of phenolic OH excluding ortho intramolecular Hbond substituents is 1. The van der Waals surface area contributed by atoms with Crippen LogP contribution in [0.5, 0.6) is 5.75 Å². The van der Waals surface area contributed by atoms with Crippen molar-refractivity contribution in [1.29, 1.82) is 0 Å². The molecule has 2 aromatic heterocycles. The highest BCUT2D eigenvalue weighted by Crippen LogP contribution is 2.35. The lowest BCUT2D eigenvalue weighted by Crippen LogP contribution is -2.28. The van der Waals surface area contributed by atoms with Gasteiger partial charge in [-0.25, -0.2) is 9.37 Å². The van der Waals surface area contributed by atoms with E-state index in [1.165, 1.54) is 0 Å². The van der Waals surface area contributed by atoms with Gasteiger partial charge in [-0.05, 0) is 41.3 Å². The highest BCUT2D eigenvalue weighted by atomic mass is 19.1. The molecule has 10 heteroatoms. The smallest absolute Gasteiger partial charge is 0.159 e. The van der Waals surface area contributed by atoms with E-state index in [1.807, 2.05) is 13.0 Å². The van der Waals surface area contributed by atoms with Gasteiger partial charge < -0.3 is 21.2 Å². The molecule has 35 heavy (non-hydrogen) atoms. The van der Waals surface area contributed by atoms with Crippen LogP contribution in [0, 0.1) is 5.82 Å². The van der Waals surface area contributed by atoms with Crippen molar-refractivity contribution in [2.24, 2.45) is 11.6 Å². The van der Waals surface area contributed by atoms with Gasteiger partial charge in [-0.15, -0.1) is 0 Å². The molecule has 3 heterocycles. The fraction of sp³-hybridized carbons (Fsp3) is 0.200. The Morgan fingerprint density at radius 3 is 2.91 bits per heavy atom. The third kappa shape index (κ3) is 4.25. The lowest BCUT2D eigenvalue weighted by Gasteiger charge is -2.15. The molecule has 0 radical (unpaired) electrons. The molecule has 0 atom stereocenters. The van der Waals surface area contributed by atoms with Crippen LogP contribution in [0.2, 0.25) is 0 Å². The SMILES string of the molecule is CCc1cc(O)ccc1-c1ccc2c(-c3ncc(C4=CCN(C/C(N)=C/NN)C4)[nH]3)[nH]nc2c1F. The first-order valence-electron chi connectivity index (χ1n) is 11.3. The molecule has 1 aliphatic heterocycles. The second kappa shape index (κ2) is 9.24. The second-order valence-corrected chi connectivity index (χ2v) is 8.55. The number of aromatic hydroxyl groups is 1. The number of nitrogens with two attached hydrogens (primary N) is 2. The summed E-state index contributed by atoms with van der Waals surface area (Å²) in [6, 6.07) is 8.56. The van der Waals surface area contributed by atoms with E-state index in [-0.39, 0.29) is 11.3 Å². The minimum atomic E-state index is -0.413. The maximum Gasteiger partial charge on any atom is 0.159 e. The van der Waals surface area contributed by atoms with E-state index in [0.717, 1.165) is 35.5 Å². The quantitative estimate of drug-likeness (QED) is 0.178. The largest absolute Gasteiger partial charge is 0.508 e. The van der Waals surface area contributed by atoms with Crippen molar-refractivity contribution in [3.63, 3.8) is 0 Å². The summed E-state index contributed by atoms with van der Waals surface area (Å²) in [6.45, 7) is 4.05. The summed E-state index contributed by atoms with van der Waals surface area (Å²) in [6.07, 6.45) is 6.14. The van der Waals surface area contributed by atoms with Crippen molar-refractivity contribution >= 4 is 16.5 Å². The van der Waals surface area contributed by atoms with E-state index < -0.39 is 5.82 Å². The fourth-order valence-corrected chi connectivity index (χ4v) is 4.52. The number of imidazole rings is 1. The van der Waals surface area contributed by atoms with Crippen LogP contribution in [0.4, 0.5) is 4.39 Å². The van der Waals surface area contributed by atoms with Crippen LogP contribution in [0.3, 0.4) is 0 Å². The number of aryl methyl sites for hydroxylation is 1. The van der Waals surface area contributed by atoms with Gasteiger partial charge in [0.2, 0.25) is 0 Å². The molecular weight excluding hydrogens is 447 g/mol. The predicted octanol–water partition coefficient (Wildman–Crippen LogP) is 2.99. The summed E-state index contributed by atoms with van der Waals surface area (Å²) in [5.74, 6) is 5.62. The Morgan fingerprint density at radius 2 is 2.11 bits per heavy atom. The van der Waals surface area contributed by atoms with Crippen LogP contribution in [0.15, 0.2) is 54.5 Å². The lowest BCUT2D eigenvalue weighted by atomic mass is 9.96. The Hall–Kier alpha value is -4.15. The van der Waals surface area contributed by atoms with Crippen LogP contribution in [-0.2, 0) is 6.42 Å². The molecule has 0 saturated carbocycles. The number of hydrogen-bond acceptors (Lipinski definition) is 7. The summed E-state index contributed by atoms with van der Waals surface area (Å²) in [5.41, 5.74) is 13.9. The third-order valence-electron chi connectivity index (χ3n) is 6.25. The van der Waals surface area contributed by atoms with Crippen molar-refractivity contribution in [2.45, 2.75) is 13.3 Å². The zero-order valence-corrected chi connectivity index (χ0v) is 19.3. The Kier molecular flexibility index (Phi) is 5.98. The molecule has 180 valence electrons. The highest BCUT2D eigenvalue weighted by Gasteiger charge is 2.21. The zero-order valence-electron chi connectivity index (χ0n) is 19.3. The Bertz CT molecular complexity index is 1450. The molecule has 8 N–H and O–H groups in total. The van der Waals surface area contributed by atoms with Crippen molar-refractivity contribution < 1.29 is 9.50 Å². The molecule has 9 nitrogen and oxygen atoms in total. The Labute approximate surface area is 201 Å². The molecule has 5 rings (SSSR count). The molecule has 4 aromatic rings. The van der Waals surface area contributed by atoms with Gasteiger partial charge >= 0.3 is 0 Å². The number of phenols is 1. The Morgan fingerprint density at radius 1 is 1.29 bits per heavy atom. The summed E-state index contributed by atoms with van der Waals surface area (Å²) in [5, 5.41) is 17.6. The van der Waals surface area contributed by atoms with Crippen molar-refractivity contribution in [2.75, 3.05) is 19.6 Å². The first-order chi connectivity index (χ1) is 17.0. The second-order valence-electron chi connectivity index (χ2n) is 8.55. The fourth-order valence-electron chi connectivity index (χ4n) is 4.52. The van der Waals surface area contributed by atoms with Gasteiger partial charge in [0.1, 0.15) is 17.0 Å². The topological polar surface area (TPSA) is 145 Å². The van der Waals surface area contributed by atoms with Gasteiger partial charge in [0.05, 0.1) is 11.9 Å². The van der Waals surface area contributed by atoms with E-state index in [2.05, 4.69) is 36.6 Å². The van der Waals surface area contributed by atoms with Crippen LogP contribution >= 0.6 is 0 Å². The summed E-state index contributed by atoms with van der Waals surface area (Å²) >= 11 is 0. The molecule has 0 spiro atoms. The minimum Gasteiger partial charge on any atom is -0.508 e.